The molecule has 1 aromatic heterocycles. The number of nitrogens with zero attached hydrogens (tertiary/aromatic N) is 6. The molecule has 0 saturated heterocycles. The molecule has 9 heteroatoms. The molecule has 4 heterocycles. The van der Waals surface area contributed by atoms with E-state index in [2.05, 4.69) is 171 Å². The molecule has 3 aliphatic rings. The monoisotopic (exact) mass is 1020 g/mol. The van der Waals surface area contributed by atoms with Gasteiger partial charge in [0.05, 0.1) is 0 Å². The molecule has 65 heavy (non-hydrogen) atoms. The van der Waals surface area contributed by atoms with Gasteiger partial charge in [0.25, 0.3) is 6.71 Å². The molecule has 9 aromatic rings. The largest absolute Gasteiger partial charge is 0.509 e. The summed E-state index contributed by atoms with van der Waals surface area (Å²) in [6.45, 7) is 2.03. The molecule has 8 aromatic carbocycles. The summed E-state index contributed by atoms with van der Waals surface area (Å²) in [5.41, 5.74) is 14.1. The molecule has 12 rings (SSSR count). The van der Waals surface area contributed by atoms with Crippen LogP contribution in [0.3, 0.4) is 0 Å². The Labute approximate surface area is 394 Å². The molecule has 3 aliphatic heterocycles. The molecule has 0 radical (unpaired) electrons. The topological polar surface area (TPSA) is 38.3 Å². The van der Waals surface area contributed by atoms with Gasteiger partial charge < -0.3 is 29.2 Å². The predicted molar refractivity (Wildman–Crippen MR) is 262 cm³/mol. The average molecular weight is 1020 g/mol. The summed E-state index contributed by atoms with van der Waals surface area (Å²) in [7, 11) is 0. The van der Waals surface area contributed by atoms with Crippen LogP contribution < -0.4 is 45.6 Å². The van der Waals surface area contributed by atoms with Gasteiger partial charge in [0.1, 0.15) is 5.82 Å². The summed E-state index contributed by atoms with van der Waals surface area (Å²) in [4.78, 5) is 16.1. The summed E-state index contributed by atoms with van der Waals surface area (Å²) in [5, 5.41) is 0. The number of rotatable bonds is 9. The van der Waals surface area contributed by atoms with Crippen LogP contribution >= 0.6 is 0 Å². The third-order valence-electron chi connectivity index (χ3n) is 12.0. The fourth-order valence-electron chi connectivity index (χ4n) is 9.24. The van der Waals surface area contributed by atoms with Gasteiger partial charge in [-0.15, -0.1) is 48.8 Å². The van der Waals surface area contributed by atoms with Crippen molar-refractivity contribution in [3.63, 3.8) is 0 Å². The van der Waals surface area contributed by atoms with E-state index in [-0.39, 0.29) is 27.8 Å². The fraction of sp³-hybridized carbons (Fsp3) is 0. The number of hydrogen-bond acceptors (Lipinski definition) is 7. The van der Waals surface area contributed by atoms with Crippen LogP contribution in [0, 0.1) is 18.8 Å². The summed E-state index contributed by atoms with van der Waals surface area (Å²) >= 11 is 0. The molecule has 0 aliphatic carbocycles. The Morgan fingerprint density at radius 3 is 1.65 bits per heavy atom. The van der Waals surface area contributed by atoms with Crippen LogP contribution in [0.2, 0.25) is 0 Å². The van der Waals surface area contributed by atoms with Gasteiger partial charge in [-0.05, 0) is 102 Å². The van der Waals surface area contributed by atoms with Crippen molar-refractivity contribution in [2.75, 3.05) is 24.5 Å². The third-order valence-corrected chi connectivity index (χ3v) is 12.0. The van der Waals surface area contributed by atoms with Gasteiger partial charge in [-0.2, -0.15) is 12.1 Å². The second-order valence-electron chi connectivity index (χ2n) is 15.8. The Morgan fingerprint density at radius 1 is 0.492 bits per heavy atom. The Balaban J connectivity index is 0.00000469. The van der Waals surface area contributed by atoms with Crippen LogP contribution in [-0.2, 0) is 21.1 Å². The zero-order valence-corrected chi connectivity index (χ0v) is 37.2. The summed E-state index contributed by atoms with van der Waals surface area (Å²) in [5.74, 6) is 1.88. The van der Waals surface area contributed by atoms with E-state index in [0.717, 1.165) is 62.7 Å². The van der Waals surface area contributed by atoms with Crippen molar-refractivity contribution >= 4 is 85.8 Å². The van der Waals surface area contributed by atoms with Gasteiger partial charge in [-0.25, -0.2) is 4.98 Å². The van der Waals surface area contributed by atoms with Crippen LogP contribution in [0.1, 0.15) is 0 Å². The second kappa shape index (κ2) is 17.1. The first-order chi connectivity index (χ1) is 31.7. The molecule has 0 N–H and O–H groups in total. The normalized spacial score (nSPS) is 13.1. The van der Waals surface area contributed by atoms with E-state index in [9.17, 15) is 0 Å². The first kappa shape index (κ1) is 40.0. The predicted octanol–water partition coefficient (Wildman–Crippen LogP) is 11.9. The molecule has 7 nitrogen and oxygen atoms in total. The van der Waals surface area contributed by atoms with E-state index in [1.165, 1.54) is 16.4 Å². The van der Waals surface area contributed by atoms with E-state index in [4.69, 9.17) is 9.72 Å². The quantitative estimate of drug-likeness (QED) is 0.105. The Bertz CT molecular complexity index is 3060. The van der Waals surface area contributed by atoms with Crippen molar-refractivity contribution in [1.29, 1.82) is 0 Å². The van der Waals surface area contributed by atoms with Crippen molar-refractivity contribution in [3.05, 3.63) is 244 Å². The number of ether oxygens (including phenoxy) is 1. The summed E-state index contributed by atoms with van der Waals surface area (Å²) in [6, 6.07) is 79.0. The third kappa shape index (κ3) is 7.22. The van der Waals surface area contributed by atoms with Crippen LogP contribution in [0.15, 0.2) is 225 Å². The van der Waals surface area contributed by atoms with Crippen molar-refractivity contribution in [1.82, 2.24) is 4.98 Å². The molecule has 0 amide bonds. The van der Waals surface area contributed by atoms with Crippen LogP contribution in [0.5, 0.6) is 11.5 Å². The van der Waals surface area contributed by atoms with Crippen LogP contribution in [0.25, 0.3) is 0 Å². The van der Waals surface area contributed by atoms with E-state index in [0.29, 0.717) is 11.5 Å². The maximum Gasteiger partial charge on any atom is 0.252 e. The van der Waals surface area contributed by atoms with E-state index in [1.807, 2.05) is 96.9 Å². The van der Waals surface area contributed by atoms with Crippen molar-refractivity contribution in [2.24, 2.45) is 0 Å². The van der Waals surface area contributed by atoms with Gasteiger partial charge in [-0.1, -0.05) is 103 Å². The molecule has 0 spiro atoms. The molecule has 0 bridgehead atoms. The molecule has 314 valence electrons. The number of pyridine rings is 1. The standard InChI is InChI=1S/C56H38BN6O.Pt/c1-4-18-41(19-5-1)59-34-35-60(40-59)44-24-16-26-47(36-44)64-48-27-17-25-45(37-48)61(55-32-14-15-33-58-55)46-38-53-56-54(39-46)63(43-22-8-3-9-23-43)52-31-13-11-29-50(52)57(56)49-28-10-12-30-51(49)62(53)42-20-6-2-7-21-42;/h1-35,38-40H;/q-3;. The zero-order chi connectivity index (χ0) is 42.4. The Morgan fingerprint density at radius 2 is 1.03 bits per heavy atom. The number of aromatic nitrogens is 1. The van der Waals surface area contributed by atoms with Crippen molar-refractivity contribution in [3.8, 4) is 11.5 Å². The van der Waals surface area contributed by atoms with Crippen LogP contribution in [-0.4, -0.2) is 11.7 Å². The SMILES string of the molecule is [Pt].[c-]1c(Oc2[c-]c(N(c3cc4c5c(c3)N(c3ccccc3)c3ccccc3B5c3ccccc3N4c3ccccc3)c3ccccn3)ccc2)cccc1N1C=CN(c2ccccc2)[CH-]1. The molecule has 0 fully saturated rings. The molecule has 0 atom stereocenters. The second-order valence-corrected chi connectivity index (χ2v) is 15.8. The molecular weight excluding hydrogens is 979 g/mol. The minimum absolute atomic E-state index is 0. The van der Waals surface area contributed by atoms with Crippen molar-refractivity contribution in [2.45, 2.75) is 0 Å². The molecular formula is C56H38BN6OPt-3. The number of hydrogen-bond donors (Lipinski definition) is 0. The van der Waals surface area contributed by atoms with E-state index in [1.54, 1.807) is 0 Å². The minimum Gasteiger partial charge on any atom is -0.509 e. The first-order valence-corrected chi connectivity index (χ1v) is 21.4. The van der Waals surface area contributed by atoms with Crippen molar-refractivity contribution < 1.29 is 25.8 Å². The number of para-hydroxylation sites is 5. The van der Waals surface area contributed by atoms with Gasteiger partial charge in [-0.3, -0.25) is 0 Å². The number of fused-ring (bicyclic) bond motifs is 4. The van der Waals surface area contributed by atoms with Gasteiger partial charge in [0, 0.05) is 84.3 Å². The minimum atomic E-state index is 0. The van der Waals surface area contributed by atoms with Gasteiger partial charge in [0.15, 0.2) is 0 Å². The maximum absolute atomic E-state index is 6.59. The Hall–Kier alpha value is -7.80. The summed E-state index contributed by atoms with van der Waals surface area (Å²) in [6.07, 6.45) is 5.89. The molecule has 0 saturated carbocycles. The maximum atomic E-state index is 6.59. The summed E-state index contributed by atoms with van der Waals surface area (Å²) < 4.78 is 6.59. The van der Waals surface area contributed by atoms with Gasteiger partial charge >= 0.3 is 0 Å². The number of anilines is 11. The zero-order valence-electron chi connectivity index (χ0n) is 34.9. The van der Waals surface area contributed by atoms with E-state index >= 15 is 0 Å². The first-order valence-electron chi connectivity index (χ1n) is 21.4. The Kier molecular flexibility index (Phi) is 10.5. The average Bonchev–Trinajstić information content (AvgIpc) is 3.86. The van der Waals surface area contributed by atoms with E-state index < -0.39 is 0 Å². The number of benzene rings is 8. The van der Waals surface area contributed by atoms with Crippen LogP contribution in [0.4, 0.5) is 62.7 Å². The van der Waals surface area contributed by atoms with Gasteiger partial charge in [0.2, 0.25) is 0 Å². The fourth-order valence-corrected chi connectivity index (χ4v) is 9.24. The molecule has 0 unspecified atom stereocenters. The smallest absolute Gasteiger partial charge is 0.252 e.